The average Bonchev–Trinajstić information content (AvgIpc) is 2.99. The molecule has 24 heavy (non-hydrogen) atoms. The van der Waals surface area contributed by atoms with E-state index in [0.717, 1.165) is 0 Å². The van der Waals surface area contributed by atoms with Crippen molar-refractivity contribution in [1.29, 1.82) is 0 Å². The molecular formula is C18H20N4O2. The molecule has 3 rings (SSSR count). The fraction of sp³-hybridized carbons (Fsp3) is 0.278. The van der Waals surface area contributed by atoms with Gasteiger partial charge in [0.2, 0.25) is 0 Å². The first kappa shape index (κ1) is 16.3. The number of nitrogens with one attached hydrogen (secondary N) is 1. The molecular weight excluding hydrogens is 304 g/mol. The summed E-state index contributed by atoms with van der Waals surface area (Å²) < 4.78 is 0. The molecule has 3 aromatic rings. The van der Waals surface area contributed by atoms with Gasteiger partial charge in [-0.05, 0) is 50.6 Å². The molecule has 0 saturated heterocycles. The Morgan fingerprint density at radius 3 is 1.92 bits per heavy atom. The molecule has 0 saturated carbocycles. The SMILES string of the molecule is Cc1c(C(C)(O)c2ccccn2)n[nH]c1C(C)(O)c1ccccn1. The van der Waals surface area contributed by atoms with E-state index >= 15 is 0 Å². The van der Waals surface area contributed by atoms with Crippen LogP contribution in [0.25, 0.3) is 0 Å². The maximum atomic E-state index is 11.0. The van der Waals surface area contributed by atoms with Gasteiger partial charge in [-0.1, -0.05) is 12.1 Å². The van der Waals surface area contributed by atoms with Crippen molar-refractivity contribution >= 4 is 0 Å². The first-order valence-corrected chi connectivity index (χ1v) is 7.69. The van der Waals surface area contributed by atoms with Gasteiger partial charge in [0.15, 0.2) is 0 Å². The summed E-state index contributed by atoms with van der Waals surface area (Å²) in [6.07, 6.45) is 3.25. The summed E-state index contributed by atoms with van der Waals surface area (Å²) in [5.41, 5.74) is -0.151. The van der Waals surface area contributed by atoms with E-state index in [2.05, 4.69) is 20.2 Å². The fourth-order valence-corrected chi connectivity index (χ4v) is 2.90. The van der Waals surface area contributed by atoms with Crippen molar-refractivity contribution in [2.24, 2.45) is 0 Å². The molecule has 0 radical (unpaired) electrons. The monoisotopic (exact) mass is 324 g/mol. The van der Waals surface area contributed by atoms with Crippen LogP contribution in [0, 0.1) is 6.92 Å². The van der Waals surface area contributed by atoms with Gasteiger partial charge < -0.3 is 10.2 Å². The highest BCUT2D eigenvalue weighted by Crippen LogP contribution is 2.35. The van der Waals surface area contributed by atoms with Gasteiger partial charge in [0, 0.05) is 12.4 Å². The number of hydrogen-bond acceptors (Lipinski definition) is 5. The molecule has 3 N–H and O–H groups in total. The van der Waals surface area contributed by atoms with E-state index in [4.69, 9.17) is 0 Å². The van der Waals surface area contributed by atoms with Crippen LogP contribution in [0.3, 0.4) is 0 Å². The smallest absolute Gasteiger partial charge is 0.147 e. The van der Waals surface area contributed by atoms with Crippen LogP contribution < -0.4 is 0 Å². The van der Waals surface area contributed by atoms with E-state index < -0.39 is 11.2 Å². The summed E-state index contributed by atoms with van der Waals surface area (Å²) in [4.78, 5) is 8.44. The summed E-state index contributed by atoms with van der Waals surface area (Å²) in [5, 5.41) is 29.0. The number of nitrogens with zero attached hydrogens (tertiary/aromatic N) is 3. The zero-order valence-electron chi connectivity index (χ0n) is 13.9. The van der Waals surface area contributed by atoms with Crippen molar-refractivity contribution in [1.82, 2.24) is 20.2 Å². The fourth-order valence-electron chi connectivity index (χ4n) is 2.90. The minimum atomic E-state index is -1.37. The van der Waals surface area contributed by atoms with Crippen LogP contribution in [0.15, 0.2) is 48.8 Å². The van der Waals surface area contributed by atoms with Crippen LogP contribution in [0.4, 0.5) is 0 Å². The van der Waals surface area contributed by atoms with Crippen molar-refractivity contribution < 1.29 is 10.2 Å². The highest BCUT2D eigenvalue weighted by Gasteiger charge is 2.37. The van der Waals surface area contributed by atoms with E-state index in [9.17, 15) is 10.2 Å². The summed E-state index contributed by atoms with van der Waals surface area (Å²) in [6.45, 7) is 5.09. The Kier molecular flexibility index (Phi) is 3.95. The summed E-state index contributed by atoms with van der Waals surface area (Å²) >= 11 is 0. The third-order valence-corrected chi connectivity index (χ3v) is 4.28. The lowest BCUT2D eigenvalue weighted by Gasteiger charge is -2.24. The maximum Gasteiger partial charge on any atom is 0.147 e. The zero-order valence-corrected chi connectivity index (χ0v) is 13.9. The molecule has 0 aliphatic rings. The van der Waals surface area contributed by atoms with Crippen LogP contribution in [0.1, 0.15) is 42.2 Å². The lowest BCUT2D eigenvalue weighted by atomic mass is 9.89. The van der Waals surface area contributed by atoms with Crippen molar-refractivity contribution in [3.05, 3.63) is 77.1 Å². The molecule has 2 atom stereocenters. The third-order valence-electron chi connectivity index (χ3n) is 4.28. The molecule has 6 nitrogen and oxygen atoms in total. The number of pyridine rings is 2. The molecule has 0 aliphatic carbocycles. The predicted molar refractivity (Wildman–Crippen MR) is 89.1 cm³/mol. The van der Waals surface area contributed by atoms with Crippen LogP contribution in [-0.2, 0) is 11.2 Å². The van der Waals surface area contributed by atoms with Crippen molar-refractivity contribution in [3.63, 3.8) is 0 Å². The largest absolute Gasteiger partial charge is 0.377 e. The molecule has 0 bridgehead atoms. The lowest BCUT2D eigenvalue weighted by molar-refractivity contribution is 0.0893. The van der Waals surface area contributed by atoms with Gasteiger partial charge >= 0.3 is 0 Å². The topological polar surface area (TPSA) is 94.9 Å². The van der Waals surface area contributed by atoms with Gasteiger partial charge in [-0.3, -0.25) is 15.1 Å². The van der Waals surface area contributed by atoms with Crippen LogP contribution >= 0.6 is 0 Å². The van der Waals surface area contributed by atoms with Crippen LogP contribution in [0.2, 0.25) is 0 Å². The zero-order chi connectivity index (χ0) is 17.4. The second-order valence-electron chi connectivity index (χ2n) is 6.15. The van der Waals surface area contributed by atoms with E-state index in [0.29, 0.717) is 28.3 Å². The first-order chi connectivity index (χ1) is 11.3. The molecule has 2 unspecified atom stereocenters. The first-order valence-electron chi connectivity index (χ1n) is 7.69. The Bertz CT molecular complexity index is 758. The number of aromatic amines is 1. The molecule has 3 heterocycles. The minimum Gasteiger partial charge on any atom is -0.377 e. The Morgan fingerprint density at radius 1 is 0.875 bits per heavy atom. The quantitative estimate of drug-likeness (QED) is 0.682. The molecule has 0 aliphatic heterocycles. The van der Waals surface area contributed by atoms with Crippen molar-refractivity contribution in [2.45, 2.75) is 32.0 Å². The second kappa shape index (κ2) is 5.81. The molecule has 6 heteroatoms. The van der Waals surface area contributed by atoms with Gasteiger partial charge in [0.1, 0.15) is 16.9 Å². The van der Waals surface area contributed by atoms with Gasteiger partial charge in [0.05, 0.1) is 17.1 Å². The average molecular weight is 324 g/mol. The van der Waals surface area contributed by atoms with E-state index in [-0.39, 0.29) is 0 Å². The van der Waals surface area contributed by atoms with E-state index in [1.165, 1.54) is 0 Å². The second-order valence-corrected chi connectivity index (χ2v) is 6.15. The Morgan fingerprint density at radius 2 is 1.42 bits per heavy atom. The molecule has 124 valence electrons. The van der Waals surface area contributed by atoms with E-state index in [1.807, 2.05) is 19.1 Å². The van der Waals surface area contributed by atoms with Gasteiger partial charge in [0.25, 0.3) is 0 Å². The number of aromatic nitrogens is 4. The molecule has 0 aromatic carbocycles. The van der Waals surface area contributed by atoms with Gasteiger partial charge in [-0.25, -0.2) is 0 Å². The Labute approximate surface area is 140 Å². The molecule has 0 spiro atoms. The molecule has 0 fully saturated rings. The van der Waals surface area contributed by atoms with Crippen molar-refractivity contribution in [3.8, 4) is 0 Å². The Balaban J connectivity index is 2.07. The predicted octanol–water partition coefficient (Wildman–Crippen LogP) is 2.02. The standard InChI is InChI=1S/C18H20N4O2/c1-12-15(17(2,23)13-8-4-6-10-19-13)21-22-16(12)18(3,24)14-9-5-7-11-20-14/h4-11,23-24H,1-3H3,(H,21,22). The van der Waals surface area contributed by atoms with Crippen LogP contribution in [0.5, 0.6) is 0 Å². The minimum absolute atomic E-state index is 0.424. The number of aliphatic hydroxyl groups is 2. The molecule has 3 aromatic heterocycles. The van der Waals surface area contributed by atoms with Crippen LogP contribution in [-0.4, -0.2) is 30.4 Å². The number of hydrogen-bond donors (Lipinski definition) is 3. The van der Waals surface area contributed by atoms with Crippen molar-refractivity contribution in [2.75, 3.05) is 0 Å². The highest BCUT2D eigenvalue weighted by molar-refractivity contribution is 5.39. The normalized spacial score (nSPS) is 16.4. The van der Waals surface area contributed by atoms with E-state index in [1.54, 1.807) is 50.5 Å². The van der Waals surface area contributed by atoms with Gasteiger partial charge in [-0.2, -0.15) is 5.10 Å². The maximum absolute atomic E-state index is 11.0. The number of rotatable bonds is 4. The third kappa shape index (κ3) is 2.60. The Hall–Kier alpha value is -2.57. The number of H-pyrrole nitrogens is 1. The molecule has 0 amide bonds. The highest BCUT2D eigenvalue weighted by atomic mass is 16.3. The lowest BCUT2D eigenvalue weighted by Crippen LogP contribution is -2.27. The van der Waals surface area contributed by atoms with Gasteiger partial charge in [-0.15, -0.1) is 0 Å². The summed E-state index contributed by atoms with van der Waals surface area (Å²) in [7, 11) is 0. The summed E-state index contributed by atoms with van der Waals surface area (Å²) in [6, 6.07) is 10.7. The summed E-state index contributed by atoms with van der Waals surface area (Å²) in [5.74, 6) is 0.